The average Bonchev–Trinajstić information content (AvgIpc) is 3.36. The van der Waals surface area contributed by atoms with Crippen LogP contribution in [0.25, 0.3) is 0 Å². The van der Waals surface area contributed by atoms with Gasteiger partial charge in [-0.25, -0.2) is 0 Å². The summed E-state index contributed by atoms with van der Waals surface area (Å²) in [6.45, 7) is 21.7. The third-order valence-corrected chi connectivity index (χ3v) is 8.73. The third kappa shape index (κ3) is 8.18. The van der Waals surface area contributed by atoms with E-state index in [2.05, 4.69) is 0 Å². The van der Waals surface area contributed by atoms with Crippen molar-refractivity contribution in [3.05, 3.63) is 0 Å². The van der Waals surface area contributed by atoms with Crippen LogP contribution in [0.4, 0.5) is 0 Å². The summed E-state index contributed by atoms with van der Waals surface area (Å²) in [7, 11) is 1.52. The van der Waals surface area contributed by atoms with Crippen LogP contribution in [0.3, 0.4) is 0 Å². The molecule has 3 aliphatic rings. The lowest BCUT2D eigenvalue weighted by atomic mass is 9.81. The molecule has 226 valence electrons. The van der Waals surface area contributed by atoms with Gasteiger partial charge in [-0.15, -0.1) is 0 Å². The highest BCUT2D eigenvalue weighted by molar-refractivity contribution is 5.80. The van der Waals surface area contributed by atoms with Crippen LogP contribution in [0.5, 0.6) is 0 Å². The topological polar surface area (TPSA) is 114 Å². The first-order chi connectivity index (χ1) is 17.7. The summed E-state index contributed by atoms with van der Waals surface area (Å²) in [6, 6.07) is 0. The Hall–Kier alpha value is -2.16. The molecule has 3 fully saturated rings. The SMILES string of the molecule is CCC(C)(C)C(=O)OC1(C)CC(=O)OC1(C)COC.CCC1(C)CC(C)(C)OC1=O.CCC1(C)CCOC1=O. The molecule has 9 heteroatoms. The minimum absolute atomic E-state index is 0.0231. The number of ether oxygens (including phenoxy) is 5. The summed E-state index contributed by atoms with van der Waals surface area (Å²) >= 11 is 0. The van der Waals surface area contributed by atoms with E-state index in [1.54, 1.807) is 13.8 Å². The lowest BCUT2D eigenvalue weighted by molar-refractivity contribution is -0.194. The maximum atomic E-state index is 12.2. The molecule has 0 aliphatic carbocycles. The fourth-order valence-electron chi connectivity index (χ4n) is 4.60. The van der Waals surface area contributed by atoms with Gasteiger partial charge >= 0.3 is 23.9 Å². The number of methoxy groups -OCH3 is 1. The van der Waals surface area contributed by atoms with E-state index < -0.39 is 16.6 Å². The van der Waals surface area contributed by atoms with Gasteiger partial charge in [0, 0.05) is 13.5 Å². The predicted octanol–water partition coefficient (Wildman–Crippen LogP) is 5.55. The van der Waals surface area contributed by atoms with E-state index in [0.717, 1.165) is 25.7 Å². The molecule has 0 amide bonds. The maximum Gasteiger partial charge on any atom is 0.312 e. The molecule has 9 nitrogen and oxygen atoms in total. The molecule has 3 heterocycles. The summed E-state index contributed by atoms with van der Waals surface area (Å²) in [6.07, 6.45) is 4.22. The first-order valence-electron chi connectivity index (χ1n) is 14.0. The number of carbonyl (C=O) groups excluding carboxylic acids is 4. The van der Waals surface area contributed by atoms with E-state index in [1.165, 1.54) is 7.11 Å². The van der Waals surface area contributed by atoms with Crippen LogP contribution in [-0.4, -0.2) is 61.0 Å². The van der Waals surface area contributed by atoms with E-state index in [1.807, 2.05) is 62.3 Å². The second-order valence-electron chi connectivity index (χ2n) is 13.2. The Kier molecular flexibility index (Phi) is 11.2. The van der Waals surface area contributed by atoms with Crippen LogP contribution in [-0.2, 0) is 42.9 Å². The van der Waals surface area contributed by atoms with Gasteiger partial charge in [0.1, 0.15) is 5.60 Å². The molecular formula is C30H52O9. The van der Waals surface area contributed by atoms with Gasteiger partial charge < -0.3 is 23.7 Å². The molecule has 0 aromatic carbocycles. The van der Waals surface area contributed by atoms with Gasteiger partial charge in [0.05, 0.1) is 35.9 Å². The molecule has 0 bridgehead atoms. The number of carbonyl (C=O) groups is 4. The van der Waals surface area contributed by atoms with Crippen LogP contribution >= 0.6 is 0 Å². The fourth-order valence-corrected chi connectivity index (χ4v) is 4.60. The quantitative estimate of drug-likeness (QED) is 0.294. The number of hydrogen-bond donors (Lipinski definition) is 0. The van der Waals surface area contributed by atoms with Crippen molar-refractivity contribution >= 4 is 23.9 Å². The number of rotatable bonds is 7. The molecule has 4 atom stereocenters. The number of esters is 4. The highest BCUT2D eigenvalue weighted by atomic mass is 16.6. The Morgan fingerprint density at radius 3 is 1.79 bits per heavy atom. The molecule has 39 heavy (non-hydrogen) atoms. The molecule has 0 aromatic rings. The molecule has 4 unspecified atom stereocenters. The fraction of sp³-hybridized carbons (Fsp3) is 0.867. The minimum atomic E-state index is -0.996. The van der Waals surface area contributed by atoms with E-state index in [9.17, 15) is 19.2 Å². The molecule has 0 N–H and O–H groups in total. The van der Waals surface area contributed by atoms with Crippen molar-refractivity contribution in [3.63, 3.8) is 0 Å². The van der Waals surface area contributed by atoms with Gasteiger partial charge in [-0.1, -0.05) is 20.8 Å². The van der Waals surface area contributed by atoms with Crippen molar-refractivity contribution in [2.24, 2.45) is 16.2 Å². The minimum Gasteiger partial charge on any atom is -0.465 e. The Bertz CT molecular complexity index is 910. The number of cyclic esters (lactones) is 3. The van der Waals surface area contributed by atoms with Crippen molar-refractivity contribution < 1.29 is 42.9 Å². The Morgan fingerprint density at radius 2 is 1.46 bits per heavy atom. The zero-order valence-electron chi connectivity index (χ0n) is 26.3. The van der Waals surface area contributed by atoms with Crippen LogP contribution in [0.2, 0.25) is 0 Å². The highest BCUT2D eigenvalue weighted by Gasteiger charge is 2.59. The molecular weight excluding hydrogens is 504 g/mol. The van der Waals surface area contributed by atoms with E-state index >= 15 is 0 Å². The summed E-state index contributed by atoms with van der Waals surface area (Å²) in [5.41, 5.74) is -3.17. The molecule has 3 saturated heterocycles. The monoisotopic (exact) mass is 556 g/mol. The van der Waals surface area contributed by atoms with Gasteiger partial charge in [0.15, 0.2) is 11.2 Å². The first kappa shape index (κ1) is 34.9. The van der Waals surface area contributed by atoms with Crippen molar-refractivity contribution in [1.29, 1.82) is 0 Å². The van der Waals surface area contributed by atoms with Crippen LogP contribution in [0.1, 0.15) is 115 Å². The second kappa shape index (κ2) is 12.6. The van der Waals surface area contributed by atoms with Crippen molar-refractivity contribution in [2.45, 2.75) is 131 Å². The standard InChI is InChI=1S/C14H24O5.C9H16O2.C7H12O2/c1-7-12(2,3)11(16)19-13(4)8-10(15)18-14(13,5)9-17-6;1-5-9(4)6-8(2,3)11-7(9)10;1-3-7(2)4-5-9-6(7)8/h7-9H2,1-6H3;5-6H2,1-4H3;3-5H2,1-2H3. The maximum absolute atomic E-state index is 12.2. The zero-order valence-corrected chi connectivity index (χ0v) is 26.3. The number of hydrogen-bond acceptors (Lipinski definition) is 9. The Labute approximate surface area is 235 Å². The normalized spacial score (nSPS) is 33.2. The van der Waals surface area contributed by atoms with Crippen LogP contribution in [0, 0.1) is 16.2 Å². The first-order valence-corrected chi connectivity index (χ1v) is 14.0. The Morgan fingerprint density at radius 1 is 0.897 bits per heavy atom. The van der Waals surface area contributed by atoms with Crippen molar-refractivity contribution in [3.8, 4) is 0 Å². The summed E-state index contributed by atoms with van der Waals surface area (Å²) < 4.78 is 26.1. The Balaban J connectivity index is 0.000000320. The predicted molar refractivity (Wildman–Crippen MR) is 147 cm³/mol. The van der Waals surface area contributed by atoms with Gasteiger partial charge in [-0.05, 0) is 81.1 Å². The third-order valence-electron chi connectivity index (χ3n) is 8.73. The smallest absolute Gasteiger partial charge is 0.312 e. The van der Waals surface area contributed by atoms with Gasteiger partial charge in [0.25, 0.3) is 0 Å². The van der Waals surface area contributed by atoms with Crippen molar-refractivity contribution in [1.82, 2.24) is 0 Å². The average molecular weight is 557 g/mol. The molecule has 0 spiro atoms. The summed E-state index contributed by atoms with van der Waals surface area (Å²) in [4.78, 5) is 46.0. The molecule has 0 aromatic heterocycles. The van der Waals surface area contributed by atoms with E-state index in [0.29, 0.717) is 13.0 Å². The van der Waals surface area contributed by atoms with Gasteiger partial charge in [0.2, 0.25) is 0 Å². The molecule has 3 aliphatic heterocycles. The van der Waals surface area contributed by atoms with Gasteiger partial charge in [-0.2, -0.15) is 0 Å². The lowest BCUT2D eigenvalue weighted by Crippen LogP contribution is -2.53. The van der Waals surface area contributed by atoms with Crippen molar-refractivity contribution in [2.75, 3.05) is 20.3 Å². The summed E-state index contributed by atoms with van der Waals surface area (Å²) in [5, 5.41) is 0. The molecule has 0 radical (unpaired) electrons. The molecule has 3 rings (SSSR count). The largest absolute Gasteiger partial charge is 0.465 e. The highest BCUT2D eigenvalue weighted by Crippen LogP contribution is 2.43. The summed E-state index contributed by atoms with van der Waals surface area (Å²) in [5.74, 6) is -0.753. The lowest BCUT2D eigenvalue weighted by Gasteiger charge is -2.38. The second-order valence-corrected chi connectivity index (χ2v) is 13.2. The van der Waals surface area contributed by atoms with Gasteiger partial charge in [-0.3, -0.25) is 19.2 Å². The van der Waals surface area contributed by atoms with E-state index in [4.69, 9.17) is 23.7 Å². The van der Waals surface area contributed by atoms with Crippen LogP contribution in [0.15, 0.2) is 0 Å². The zero-order chi connectivity index (χ0) is 30.5. The molecule has 0 saturated carbocycles. The van der Waals surface area contributed by atoms with Crippen LogP contribution < -0.4 is 0 Å². The van der Waals surface area contributed by atoms with E-state index in [-0.39, 0.29) is 53.3 Å².